The van der Waals surface area contributed by atoms with Gasteiger partial charge in [-0.1, -0.05) is 18.7 Å². The number of methoxy groups -OCH3 is 1. The number of rotatable bonds is 12. The van der Waals surface area contributed by atoms with Crippen LogP contribution in [0.4, 0.5) is 5.82 Å². The van der Waals surface area contributed by atoms with Crippen LogP contribution in [0.1, 0.15) is 45.1 Å². The molecule has 240 valence electrons. The van der Waals surface area contributed by atoms with Gasteiger partial charge in [-0.15, -0.1) is 0 Å². The lowest BCUT2D eigenvalue weighted by Crippen LogP contribution is -2.53. The maximum atomic E-state index is 12.4. The van der Waals surface area contributed by atoms with Crippen LogP contribution in [0.5, 0.6) is 17.5 Å². The molecule has 1 aliphatic carbocycles. The number of anilines is 1. The number of likely N-dealkylation sites (N-methyl/N-ethyl adjacent to an activating group) is 1. The van der Waals surface area contributed by atoms with Gasteiger partial charge in [-0.25, -0.2) is 0 Å². The van der Waals surface area contributed by atoms with Crippen molar-refractivity contribution in [3.8, 4) is 17.5 Å². The van der Waals surface area contributed by atoms with Crippen molar-refractivity contribution in [1.29, 1.82) is 5.41 Å². The molecule has 1 saturated carbocycles. The van der Waals surface area contributed by atoms with Gasteiger partial charge in [0.1, 0.15) is 23.7 Å². The fourth-order valence-corrected chi connectivity index (χ4v) is 5.87. The summed E-state index contributed by atoms with van der Waals surface area (Å²) in [6.07, 6.45) is 14.0. The monoisotopic (exact) mass is 615 g/mol. The topological polar surface area (TPSA) is 130 Å². The summed E-state index contributed by atoms with van der Waals surface area (Å²) in [5, 5.41) is 8.88. The zero-order valence-corrected chi connectivity index (χ0v) is 26.8. The van der Waals surface area contributed by atoms with E-state index in [2.05, 4.69) is 30.4 Å². The van der Waals surface area contributed by atoms with Crippen LogP contribution in [0, 0.1) is 5.41 Å². The van der Waals surface area contributed by atoms with E-state index in [9.17, 15) is 4.79 Å². The van der Waals surface area contributed by atoms with E-state index in [0.717, 1.165) is 37.6 Å². The first-order chi connectivity index (χ1) is 21.8. The molecule has 2 saturated heterocycles. The van der Waals surface area contributed by atoms with E-state index < -0.39 is 0 Å². The molecule has 0 bridgehead atoms. The van der Waals surface area contributed by atoms with Crippen LogP contribution in [0.25, 0.3) is 17.0 Å². The third-order valence-corrected chi connectivity index (χ3v) is 8.65. The minimum absolute atomic E-state index is 0.0333. The number of nitrogens with one attached hydrogen (secondary N) is 1. The smallest absolute Gasteiger partial charge is 0.319 e. The molecule has 2 atom stereocenters. The number of benzene rings is 1. The number of nitrogens with zero attached hydrogens (tertiary/aromatic N) is 5. The Labute approximate surface area is 265 Å². The molecule has 3 heterocycles. The van der Waals surface area contributed by atoms with Gasteiger partial charge in [-0.3, -0.25) is 4.79 Å². The lowest BCUT2D eigenvalue weighted by Gasteiger charge is -2.40. The van der Waals surface area contributed by atoms with Gasteiger partial charge in [0.2, 0.25) is 5.91 Å². The SMILES string of the molecule is C=CC(=O)N1CCN(c2nc(OCC3CCCN3C)nc3c(OC4CC4)c(/C=C(C=N)/C(N)=C\C=C\C)c(OC)cc23)[C@@H](C)C1. The van der Waals surface area contributed by atoms with Crippen LogP contribution in [-0.4, -0.2) is 97.0 Å². The van der Waals surface area contributed by atoms with Crippen LogP contribution in [-0.2, 0) is 4.79 Å². The summed E-state index contributed by atoms with van der Waals surface area (Å²) in [5.41, 5.74) is 8.56. The van der Waals surface area contributed by atoms with Gasteiger partial charge >= 0.3 is 6.01 Å². The molecule has 2 aliphatic heterocycles. The maximum absolute atomic E-state index is 12.4. The Hall–Kier alpha value is -4.38. The molecule has 2 aromatic rings. The third kappa shape index (κ3) is 7.14. The number of aromatic nitrogens is 2. The highest BCUT2D eigenvalue weighted by atomic mass is 16.5. The van der Waals surface area contributed by atoms with E-state index in [1.54, 1.807) is 18.1 Å². The van der Waals surface area contributed by atoms with Crippen molar-refractivity contribution in [3.05, 3.63) is 53.8 Å². The molecule has 1 aromatic heterocycles. The van der Waals surface area contributed by atoms with Crippen molar-refractivity contribution >= 4 is 34.9 Å². The second-order valence-corrected chi connectivity index (χ2v) is 11.9. The molecule has 0 radical (unpaired) electrons. The second-order valence-electron chi connectivity index (χ2n) is 11.9. The van der Waals surface area contributed by atoms with Gasteiger partial charge in [-0.05, 0) is 77.4 Å². The van der Waals surface area contributed by atoms with Crippen molar-refractivity contribution in [2.45, 2.75) is 57.7 Å². The zero-order chi connectivity index (χ0) is 32.1. The average molecular weight is 616 g/mol. The van der Waals surface area contributed by atoms with E-state index in [1.807, 2.05) is 31.2 Å². The molecular formula is C34H45N7O4. The highest BCUT2D eigenvalue weighted by molar-refractivity contribution is 6.00. The normalized spacial score (nSPS) is 21.4. The predicted octanol–water partition coefficient (Wildman–Crippen LogP) is 4.33. The molecule has 1 unspecified atom stereocenters. The number of ether oxygens (including phenoxy) is 3. The van der Waals surface area contributed by atoms with Gasteiger partial charge in [0.25, 0.3) is 0 Å². The number of hydrogen-bond donors (Lipinski definition) is 2. The highest BCUT2D eigenvalue weighted by Crippen LogP contribution is 2.44. The van der Waals surface area contributed by atoms with Gasteiger partial charge in [0.15, 0.2) is 5.75 Å². The Bertz CT molecular complexity index is 1530. The van der Waals surface area contributed by atoms with Gasteiger partial charge in [-0.2, -0.15) is 9.97 Å². The molecule has 11 nitrogen and oxygen atoms in total. The van der Waals surface area contributed by atoms with Gasteiger partial charge in [0.05, 0.1) is 24.2 Å². The Balaban J connectivity index is 1.68. The number of likely N-dealkylation sites (tertiary alicyclic amines) is 1. The van der Waals surface area contributed by atoms with E-state index in [-0.39, 0.29) is 24.1 Å². The van der Waals surface area contributed by atoms with Crippen LogP contribution in [0.15, 0.2) is 48.2 Å². The number of fused-ring (bicyclic) bond motifs is 1. The molecule has 1 aromatic carbocycles. The number of allylic oxidation sites excluding steroid dienone is 4. The maximum Gasteiger partial charge on any atom is 0.319 e. The van der Waals surface area contributed by atoms with E-state index in [0.29, 0.717) is 72.0 Å². The van der Waals surface area contributed by atoms with Crippen molar-refractivity contribution in [2.75, 3.05) is 51.8 Å². The Morgan fingerprint density at radius 3 is 2.64 bits per heavy atom. The number of hydrogen-bond acceptors (Lipinski definition) is 10. The number of nitrogens with two attached hydrogens (primary N) is 1. The Morgan fingerprint density at radius 1 is 1.22 bits per heavy atom. The standard InChI is InChI=1S/C34H45N7O4/c1-6-8-11-28(36)23(19-35)17-26-29(43-5)18-27-31(32(26)45-25-12-13-25)37-34(44-21-24-10-9-14-39(24)4)38-33(27)41-16-15-40(20-22(41)3)30(42)7-2/h6-8,11,17-19,22,24-25,35H,2,9-10,12-16,20-21,36H2,1,3-5H3/b8-6+,23-17+,28-11+,35-19?/t22-,24?/m0/s1. The highest BCUT2D eigenvalue weighted by Gasteiger charge is 2.32. The molecule has 1 amide bonds. The zero-order valence-electron chi connectivity index (χ0n) is 26.8. The predicted molar refractivity (Wildman–Crippen MR) is 178 cm³/mol. The molecule has 11 heteroatoms. The van der Waals surface area contributed by atoms with E-state index in [1.165, 1.54) is 12.3 Å². The van der Waals surface area contributed by atoms with Gasteiger partial charge in [0, 0.05) is 49.2 Å². The Kier molecular flexibility index (Phi) is 10.1. The fraction of sp³-hybridized carbons (Fsp3) is 0.471. The number of amides is 1. The molecule has 0 spiro atoms. The largest absolute Gasteiger partial charge is 0.496 e. The minimum atomic E-state index is -0.0817. The van der Waals surface area contributed by atoms with Crippen LogP contribution >= 0.6 is 0 Å². The molecule has 3 fully saturated rings. The second kappa shape index (κ2) is 14.2. The number of piperazine rings is 1. The van der Waals surface area contributed by atoms with Crippen molar-refractivity contribution in [2.24, 2.45) is 5.73 Å². The molecule has 5 rings (SSSR count). The first kappa shape index (κ1) is 32.0. The van der Waals surface area contributed by atoms with Crippen LogP contribution < -0.4 is 24.8 Å². The molecular weight excluding hydrogens is 570 g/mol. The lowest BCUT2D eigenvalue weighted by atomic mass is 10.0. The first-order valence-corrected chi connectivity index (χ1v) is 15.7. The van der Waals surface area contributed by atoms with Crippen molar-refractivity contribution in [1.82, 2.24) is 19.8 Å². The summed E-state index contributed by atoms with van der Waals surface area (Å²) in [4.78, 5) is 28.7. The quantitative estimate of drug-likeness (QED) is 0.204. The summed E-state index contributed by atoms with van der Waals surface area (Å²) < 4.78 is 18.9. The fourth-order valence-electron chi connectivity index (χ4n) is 5.87. The minimum Gasteiger partial charge on any atom is -0.496 e. The molecule has 45 heavy (non-hydrogen) atoms. The van der Waals surface area contributed by atoms with Crippen LogP contribution in [0.3, 0.4) is 0 Å². The summed E-state index contributed by atoms with van der Waals surface area (Å²) in [7, 11) is 3.73. The molecule has 3 aliphatic rings. The summed E-state index contributed by atoms with van der Waals surface area (Å²) in [6, 6.07) is 2.45. The van der Waals surface area contributed by atoms with E-state index in [4.69, 9.17) is 35.3 Å². The number of carbonyl (C=O) groups excluding carboxylic acids is 1. The van der Waals surface area contributed by atoms with Crippen molar-refractivity contribution in [3.63, 3.8) is 0 Å². The van der Waals surface area contributed by atoms with Gasteiger partial charge < -0.3 is 40.1 Å². The molecule has 3 N–H and O–H groups in total. The summed E-state index contributed by atoms with van der Waals surface area (Å²) in [6.45, 7) is 10.8. The average Bonchev–Trinajstić information content (AvgIpc) is 3.78. The van der Waals surface area contributed by atoms with E-state index >= 15 is 0 Å². The third-order valence-electron chi connectivity index (χ3n) is 8.65. The Morgan fingerprint density at radius 2 is 2.02 bits per heavy atom. The van der Waals surface area contributed by atoms with Crippen molar-refractivity contribution < 1.29 is 19.0 Å². The van der Waals surface area contributed by atoms with Crippen LogP contribution in [0.2, 0.25) is 0 Å². The first-order valence-electron chi connectivity index (χ1n) is 15.7. The lowest BCUT2D eigenvalue weighted by molar-refractivity contribution is -0.126. The summed E-state index contributed by atoms with van der Waals surface area (Å²) >= 11 is 0. The number of carbonyl (C=O) groups is 1. The summed E-state index contributed by atoms with van der Waals surface area (Å²) in [5.74, 6) is 1.71.